The molecule has 22 heavy (non-hydrogen) atoms. The number of alkyl halides is 3. The largest absolute Gasteiger partial charge is 0.497 e. The van der Waals surface area contributed by atoms with Gasteiger partial charge in [-0.3, -0.25) is 0 Å². The Hall–Kier alpha value is -1.69. The summed E-state index contributed by atoms with van der Waals surface area (Å²) < 4.78 is 14.3. The minimum Gasteiger partial charge on any atom is -0.497 e. The molecule has 1 aromatic carbocycles. The maximum absolute atomic E-state index is 5.67. The van der Waals surface area contributed by atoms with E-state index < -0.39 is 3.79 Å². The Balaban J connectivity index is 1.84. The van der Waals surface area contributed by atoms with Crippen molar-refractivity contribution in [3.05, 3.63) is 41.8 Å². The maximum atomic E-state index is 5.67. The van der Waals surface area contributed by atoms with E-state index >= 15 is 0 Å². The van der Waals surface area contributed by atoms with Crippen molar-refractivity contribution in [1.29, 1.82) is 0 Å². The van der Waals surface area contributed by atoms with Crippen molar-refractivity contribution < 1.29 is 13.6 Å². The second kappa shape index (κ2) is 5.83. The van der Waals surface area contributed by atoms with Crippen LogP contribution in [0.15, 0.2) is 33.1 Å². The van der Waals surface area contributed by atoms with E-state index in [1.165, 1.54) is 0 Å². The van der Waals surface area contributed by atoms with E-state index in [0.717, 1.165) is 11.1 Å². The van der Waals surface area contributed by atoms with E-state index in [1.54, 1.807) is 25.3 Å². The summed E-state index contributed by atoms with van der Waals surface area (Å²) in [6.07, 6.45) is 3.25. The van der Waals surface area contributed by atoms with Gasteiger partial charge >= 0.3 is 0 Å². The Labute approximate surface area is 140 Å². The molecule has 0 aliphatic rings. The van der Waals surface area contributed by atoms with Crippen LogP contribution in [0.4, 0.5) is 0 Å². The summed E-state index contributed by atoms with van der Waals surface area (Å²) in [5.74, 6) is 1.46. The third-order valence-electron chi connectivity index (χ3n) is 2.82. The number of fused-ring (bicyclic) bond motifs is 1. The predicted molar refractivity (Wildman–Crippen MR) is 85.2 cm³/mol. The summed E-state index contributed by atoms with van der Waals surface area (Å²) in [6, 6.07) is 7.44. The minimum absolute atomic E-state index is 0.0912. The lowest BCUT2D eigenvalue weighted by molar-refractivity contribution is 0.414. The van der Waals surface area contributed by atoms with Crippen LogP contribution in [0.1, 0.15) is 17.5 Å². The number of rotatable bonds is 3. The number of benzene rings is 1. The van der Waals surface area contributed by atoms with Gasteiger partial charge in [0.25, 0.3) is 9.68 Å². The molecular weight excluding hydrogens is 351 g/mol. The molecule has 0 spiro atoms. The van der Waals surface area contributed by atoms with Gasteiger partial charge in [-0.2, -0.15) is 0 Å². The summed E-state index contributed by atoms with van der Waals surface area (Å²) in [5, 5.41) is 8.37. The number of hydrogen-bond donors (Lipinski definition) is 0. The fourth-order valence-electron chi connectivity index (χ4n) is 1.81. The predicted octanol–water partition coefficient (Wildman–Crippen LogP) is 4.82. The fourth-order valence-corrected chi connectivity index (χ4v) is 2.04. The Morgan fingerprint density at radius 2 is 1.91 bits per heavy atom. The van der Waals surface area contributed by atoms with Gasteiger partial charge < -0.3 is 13.6 Å². The molecule has 114 valence electrons. The van der Waals surface area contributed by atoms with Crippen LogP contribution in [0.5, 0.6) is 5.75 Å². The van der Waals surface area contributed by atoms with Crippen LogP contribution >= 0.6 is 34.8 Å². The van der Waals surface area contributed by atoms with Crippen LogP contribution in [-0.2, 0) is 3.79 Å². The molecule has 0 saturated carbocycles. The summed E-state index contributed by atoms with van der Waals surface area (Å²) in [7, 11) is 1.60. The first-order chi connectivity index (χ1) is 10.5. The Kier molecular flexibility index (Phi) is 4.04. The molecule has 8 heteroatoms. The average Bonchev–Trinajstić information content (AvgIpc) is 3.10. The molecule has 0 N–H and O–H groups in total. The van der Waals surface area contributed by atoms with Crippen molar-refractivity contribution in [2.45, 2.75) is 3.79 Å². The molecule has 2 aromatic heterocycles. The van der Waals surface area contributed by atoms with Crippen LogP contribution in [0.25, 0.3) is 23.1 Å². The van der Waals surface area contributed by atoms with Gasteiger partial charge in [-0.25, -0.2) is 0 Å². The number of halogens is 3. The molecule has 0 radical (unpaired) electrons. The third-order valence-corrected chi connectivity index (χ3v) is 3.30. The zero-order valence-corrected chi connectivity index (χ0v) is 13.5. The average molecular weight is 360 g/mol. The molecule has 0 aliphatic carbocycles. The van der Waals surface area contributed by atoms with E-state index in [2.05, 4.69) is 10.2 Å². The first-order valence-electron chi connectivity index (χ1n) is 6.12. The van der Waals surface area contributed by atoms with E-state index in [9.17, 15) is 0 Å². The summed E-state index contributed by atoms with van der Waals surface area (Å²) >= 11 is 17.0. The molecule has 0 saturated heterocycles. The molecule has 0 amide bonds. The Morgan fingerprint density at radius 1 is 1.09 bits per heavy atom. The van der Waals surface area contributed by atoms with Crippen molar-refractivity contribution in [1.82, 2.24) is 10.2 Å². The van der Waals surface area contributed by atoms with Crippen molar-refractivity contribution in [3.63, 3.8) is 0 Å². The highest BCUT2D eigenvalue weighted by Crippen LogP contribution is 2.37. The number of hydrogen-bond acceptors (Lipinski definition) is 5. The summed E-state index contributed by atoms with van der Waals surface area (Å²) in [6.45, 7) is 0. The zero-order chi connectivity index (χ0) is 15.7. The van der Waals surface area contributed by atoms with Gasteiger partial charge in [0, 0.05) is 17.5 Å². The molecule has 5 nitrogen and oxygen atoms in total. The highest BCUT2D eigenvalue weighted by Gasteiger charge is 2.29. The molecule has 0 aliphatic heterocycles. The van der Waals surface area contributed by atoms with Crippen LogP contribution in [0.2, 0.25) is 0 Å². The van der Waals surface area contributed by atoms with Crippen LogP contribution < -0.4 is 4.74 Å². The second-order valence-electron chi connectivity index (χ2n) is 4.33. The van der Waals surface area contributed by atoms with E-state index in [4.69, 9.17) is 48.4 Å². The molecular formula is C14H9Cl3N2O3. The second-order valence-corrected chi connectivity index (χ2v) is 6.61. The van der Waals surface area contributed by atoms with Crippen molar-refractivity contribution >= 4 is 57.9 Å². The van der Waals surface area contributed by atoms with Crippen molar-refractivity contribution in [3.8, 4) is 5.75 Å². The smallest absolute Gasteiger partial charge is 0.268 e. The third kappa shape index (κ3) is 3.21. The van der Waals surface area contributed by atoms with Gasteiger partial charge in [0.2, 0.25) is 5.89 Å². The minimum atomic E-state index is -1.74. The lowest BCUT2D eigenvalue weighted by atomic mass is 10.2. The van der Waals surface area contributed by atoms with E-state index in [1.807, 2.05) is 18.2 Å². The highest BCUT2D eigenvalue weighted by molar-refractivity contribution is 6.66. The Bertz CT molecular complexity index is 833. The summed E-state index contributed by atoms with van der Waals surface area (Å²) in [5.41, 5.74) is 0.714. The van der Waals surface area contributed by atoms with Crippen LogP contribution in [0, 0.1) is 0 Å². The quantitative estimate of drug-likeness (QED) is 0.627. The van der Waals surface area contributed by atoms with Crippen molar-refractivity contribution in [2.24, 2.45) is 0 Å². The topological polar surface area (TPSA) is 61.3 Å². The monoisotopic (exact) mass is 358 g/mol. The van der Waals surface area contributed by atoms with E-state index in [0.29, 0.717) is 11.3 Å². The van der Waals surface area contributed by atoms with Gasteiger partial charge in [-0.15, -0.1) is 10.2 Å². The number of aromatic nitrogens is 2. The van der Waals surface area contributed by atoms with Gasteiger partial charge in [-0.05, 0) is 24.3 Å². The standard InChI is InChI=1S/C14H9Cl3N2O3/c1-20-9-3-2-8-6-10(21-11(8)7-9)4-5-12-18-19-13(22-12)14(15,16)17/h2-7H,1H3. The molecule has 3 aromatic rings. The summed E-state index contributed by atoms with van der Waals surface area (Å²) in [4.78, 5) is 0. The van der Waals surface area contributed by atoms with Crippen molar-refractivity contribution in [2.75, 3.05) is 7.11 Å². The van der Waals surface area contributed by atoms with Crippen LogP contribution in [0.3, 0.4) is 0 Å². The van der Waals surface area contributed by atoms with Crippen LogP contribution in [-0.4, -0.2) is 17.3 Å². The SMILES string of the molecule is COc1ccc2cc(C=Cc3nnc(C(Cl)(Cl)Cl)o3)oc2c1. The van der Waals surface area contributed by atoms with Gasteiger partial charge in [0.15, 0.2) is 0 Å². The van der Waals surface area contributed by atoms with E-state index in [-0.39, 0.29) is 11.8 Å². The molecule has 0 atom stereocenters. The van der Waals surface area contributed by atoms with Gasteiger partial charge in [-0.1, -0.05) is 34.8 Å². The number of furan rings is 1. The molecule has 2 heterocycles. The van der Waals surface area contributed by atoms with Gasteiger partial charge in [0.05, 0.1) is 7.11 Å². The lowest BCUT2D eigenvalue weighted by Gasteiger charge is -2.01. The molecule has 0 bridgehead atoms. The molecule has 0 fully saturated rings. The number of nitrogens with zero attached hydrogens (tertiary/aromatic N) is 2. The van der Waals surface area contributed by atoms with Gasteiger partial charge in [0.1, 0.15) is 17.1 Å². The first kappa shape index (κ1) is 15.2. The lowest BCUT2D eigenvalue weighted by Crippen LogP contribution is -1.99. The normalized spacial score (nSPS) is 12.4. The maximum Gasteiger partial charge on any atom is 0.268 e. The number of methoxy groups -OCH3 is 1. The highest BCUT2D eigenvalue weighted by atomic mass is 35.6. The first-order valence-corrected chi connectivity index (χ1v) is 7.25. The molecule has 0 unspecified atom stereocenters. The number of ether oxygens (including phenoxy) is 1. The molecule has 3 rings (SSSR count). The zero-order valence-electron chi connectivity index (χ0n) is 11.2. The fraction of sp³-hybridized carbons (Fsp3) is 0.143. The Morgan fingerprint density at radius 3 is 2.59 bits per heavy atom.